The molecule has 0 spiro atoms. The van der Waals surface area contributed by atoms with E-state index in [0.29, 0.717) is 16.0 Å². The van der Waals surface area contributed by atoms with Crippen LogP contribution in [-0.4, -0.2) is 0 Å². The summed E-state index contributed by atoms with van der Waals surface area (Å²) in [7, 11) is 0. The molecule has 0 radical (unpaired) electrons. The van der Waals surface area contributed by atoms with Crippen molar-refractivity contribution in [3.8, 4) is 0 Å². The van der Waals surface area contributed by atoms with Crippen molar-refractivity contribution in [2.75, 3.05) is 0 Å². The highest BCUT2D eigenvalue weighted by Crippen LogP contribution is 2.28. The Hall–Kier alpha value is -0.450. The van der Waals surface area contributed by atoms with Gasteiger partial charge in [0.1, 0.15) is 5.82 Å². The first-order valence-corrected chi connectivity index (χ1v) is 6.79. The number of hydrogen-bond donors (Lipinski definition) is 2. The molecule has 3 N–H and O–H groups in total. The van der Waals surface area contributed by atoms with Crippen LogP contribution in [0, 0.1) is 11.7 Å². The molecule has 17 heavy (non-hydrogen) atoms. The summed E-state index contributed by atoms with van der Waals surface area (Å²) in [5.74, 6) is 5.84. The predicted octanol–water partition coefficient (Wildman–Crippen LogP) is 3.92. The van der Waals surface area contributed by atoms with Gasteiger partial charge in [-0.15, -0.1) is 0 Å². The molecule has 0 amide bonds. The molecule has 0 aliphatic heterocycles. The fraction of sp³-hybridized carbons (Fsp3) is 0.538. The monoisotopic (exact) mass is 302 g/mol. The zero-order valence-electron chi connectivity index (χ0n) is 10.3. The van der Waals surface area contributed by atoms with Gasteiger partial charge in [0.25, 0.3) is 0 Å². The molecule has 1 rings (SSSR count). The second-order valence-corrected chi connectivity index (χ2v) is 5.35. The van der Waals surface area contributed by atoms with Gasteiger partial charge in [-0.1, -0.05) is 38.8 Å². The van der Waals surface area contributed by atoms with E-state index >= 15 is 0 Å². The maximum Gasteiger partial charge on any atom is 0.142 e. The first kappa shape index (κ1) is 14.6. The highest BCUT2D eigenvalue weighted by Gasteiger charge is 2.18. The summed E-state index contributed by atoms with van der Waals surface area (Å²) in [4.78, 5) is 0. The van der Waals surface area contributed by atoms with Crippen LogP contribution in [0.15, 0.2) is 22.7 Å². The van der Waals surface area contributed by atoms with Crippen LogP contribution in [0.3, 0.4) is 0 Å². The zero-order chi connectivity index (χ0) is 12.8. The third-order valence-electron chi connectivity index (χ3n) is 2.98. The molecule has 2 atom stereocenters. The second kappa shape index (κ2) is 7.09. The van der Waals surface area contributed by atoms with Crippen molar-refractivity contribution in [1.82, 2.24) is 5.43 Å². The molecule has 4 heteroatoms. The van der Waals surface area contributed by atoms with Gasteiger partial charge in [-0.05, 0) is 34.3 Å². The second-order valence-electron chi connectivity index (χ2n) is 4.49. The Morgan fingerprint density at radius 2 is 2.18 bits per heavy atom. The van der Waals surface area contributed by atoms with E-state index in [1.807, 2.05) is 6.07 Å². The van der Waals surface area contributed by atoms with E-state index in [1.54, 1.807) is 12.1 Å². The van der Waals surface area contributed by atoms with E-state index < -0.39 is 0 Å². The molecular weight excluding hydrogens is 283 g/mol. The molecule has 0 heterocycles. The number of rotatable bonds is 6. The van der Waals surface area contributed by atoms with Crippen molar-refractivity contribution >= 4 is 15.9 Å². The largest absolute Gasteiger partial charge is 0.271 e. The molecule has 2 nitrogen and oxygen atoms in total. The lowest BCUT2D eigenvalue weighted by molar-refractivity contribution is 0.385. The van der Waals surface area contributed by atoms with Crippen molar-refractivity contribution in [3.05, 3.63) is 34.1 Å². The van der Waals surface area contributed by atoms with Crippen LogP contribution in [-0.2, 0) is 0 Å². The van der Waals surface area contributed by atoms with Crippen LogP contribution in [0.5, 0.6) is 0 Å². The number of benzene rings is 1. The Labute approximate surface area is 111 Å². The van der Waals surface area contributed by atoms with Crippen molar-refractivity contribution in [1.29, 1.82) is 0 Å². The molecular formula is C13H20BrFN2. The topological polar surface area (TPSA) is 38.0 Å². The van der Waals surface area contributed by atoms with E-state index in [2.05, 4.69) is 35.2 Å². The number of halogens is 2. The van der Waals surface area contributed by atoms with Crippen LogP contribution in [0.1, 0.15) is 44.7 Å². The number of nitrogens with one attached hydrogen (secondary N) is 1. The third kappa shape index (κ3) is 4.05. The first-order valence-electron chi connectivity index (χ1n) is 6.00. The van der Waals surface area contributed by atoms with Crippen LogP contribution in [0.4, 0.5) is 4.39 Å². The first-order chi connectivity index (χ1) is 8.10. The number of hydrazine groups is 1. The molecule has 0 fully saturated rings. The minimum atomic E-state index is -0.223. The van der Waals surface area contributed by atoms with Gasteiger partial charge in [-0.25, -0.2) is 4.39 Å². The van der Waals surface area contributed by atoms with Gasteiger partial charge in [-0.2, -0.15) is 0 Å². The lowest BCUT2D eigenvalue weighted by atomic mass is 9.93. The standard InChI is InChI=1S/C13H20BrFN2/c1-3-5-9(2)8-12(17-16)10-6-4-7-11(14)13(10)15/h4,6-7,9,12,17H,3,5,8,16H2,1-2H3. The average Bonchev–Trinajstić information content (AvgIpc) is 2.30. The lowest BCUT2D eigenvalue weighted by Gasteiger charge is -2.21. The molecule has 0 aromatic heterocycles. The van der Waals surface area contributed by atoms with E-state index in [-0.39, 0.29) is 11.9 Å². The summed E-state index contributed by atoms with van der Waals surface area (Å²) >= 11 is 3.20. The van der Waals surface area contributed by atoms with Gasteiger partial charge in [-0.3, -0.25) is 11.3 Å². The molecule has 0 bridgehead atoms. The van der Waals surface area contributed by atoms with E-state index in [4.69, 9.17) is 5.84 Å². The zero-order valence-corrected chi connectivity index (χ0v) is 11.9. The summed E-state index contributed by atoms with van der Waals surface area (Å²) in [6.07, 6.45) is 3.12. The molecule has 96 valence electrons. The maximum absolute atomic E-state index is 13.9. The van der Waals surface area contributed by atoms with E-state index in [0.717, 1.165) is 19.3 Å². The van der Waals surface area contributed by atoms with Crippen LogP contribution in [0.25, 0.3) is 0 Å². The van der Waals surface area contributed by atoms with Crippen molar-refractivity contribution in [2.24, 2.45) is 11.8 Å². The lowest BCUT2D eigenvalue weighted by Crippen LogP contribution is -2.30. The van der Waals surface area contributed by atoms with Crippen LogP contribution < -0.4 is 11.3 Å². The van der Waals surface area contributed by atoms with Crippen molar-refractivity contribution < 1.29 is 4.39 Å². The number of hydrogen-bond acceptors (Lipinski definition) is 2. The summed E-state index contributed by atoms with van der Waals surface area (Å²) < 4.78 is 14.4. The molecule has 2 unspecified atom stereocenters. The Kier molecular flexibility index (Phi) is 6.09. The van der Waals surface area contributed by atoms with Gasteiger partial charge < -0.3 is 0 Å². The highest BCUT2D eigenvalue weighted by molar-refractivity contribution is 9.10. The van der Waals surface area contributed by atoms with Gasteiger partial charge in [0, 0.05) is 11.6 Å². The summed E-state index contributed by atoms with van der Waals surface area (Å²) in [5.41, 5.74) is 3.34. The smallest absolute Gasteiger partial charge is 0.142 e. The highest BCUT2D eigenvalue weighted by atomic mass is 79.9. The van der Waals surface area contributed by atoms with Gasteiger partial charge in [0.15, 0.2) is 0 Å². The summed E-state index contributed by atoms with van der Waals surface area (Å²) in [6.45, 7) is 4.32. The molecule has 0 aliphatic carbocycles. The van der Waals surface area contributed by atoms with E-state index in [1.165, 1.54) is 0 Å². The maximum atomic E-state index is 13.9. The van der Waals surface area contributed by atoms with Gasteiger partial charge >= 0.3 is 0 Å². The minimum Gasteiger partial charge on any atom is -0.271 e. The molecule has 1 aromatic rings. The summed E-state index contributed by atoms with van der Waals surface area (Å²) in [5, 5.41) is 0. The fourth-order valence-electron chi connectivity index (χ4n) is 2.09. The van der Waals surface area contributed by atoms with Crippen LogP contribution in [0.2, 0.25) is 0 Å². The van der Waals surface area contributed by atoms with Gasteiger partial charge in [0.2, 0.25) is 0 Å². The van der Waals surface area contributed by atoms with Crippen molar-refractivity contribution in [2.45, 2.75) is 39.2 Å². The third-order valence-corrected chi connectivity index (χ3v) is 3.59. The minimum absolute atomic E-state index is 0.131. The summed E-state index contributed by atoms with van der Waals surface area (Å²) in [6, 6.07) is 5.18. The Morgan fingerprint density at radius 3 is 2.76 bits per heavy atom. The quantitative estimate of drug-likeness (QED) is 0.617. The predicted molar refractivity (Wildman–Crippen MR) is 72.9 cm³/mol. The Morgan fingerprint density at radius 1 is 1.47 bits per heavy atom. The SMILES string of the molecule is CCCC(C)CC(NN)c1cccc(Br)c1F. The molecule has 0 saturated carbocycles. The molecule has 0 saturated heterocycles. The molecule has 1 aromatic carbocycles. The molecule has 0 aliphatic rings. The van der Waals surface area contributed by atoms with Crippen molar-refractivity contribution in [3.63, 3.8) is 0 Å². The Bertz CT molecular complexity index is 357. The van der Waals surface area contributed by atoms with Gasteiger partial charge in [0.05, 0.1) is 4.47 Å². The Balaban J connectivity index is 2.82. The van der Waals surface area contributed by atoms with E-state index in [9.17, 15) is 4.39 Å². The average molecular weight is 303 g/mol. The van der Waals surface area contributed by atoms with Crippen LogP contribution >= 0.6 is 15.9 Å². The normalized spacial score (nSPS) is 14.6. The number of nitrogens with two attached hydrogens (primary N) is 1. The fourth-order valence-corrected chi connectivity index (χ4v) is 2.47.